The van der Waals surface area contributed by atoms with E-state index < -0.39 is 11.4 Å². The summed E-state index contributed by atoms with van der Waals surface area (Å²) in [5.74, 6) is -0.594. The fraction of sp³-hybridized carbons (Fsp3) is 0.160. The Labute approximate surface area is 169 Å². The van der Waals surface area contributed by atoms with Crippen LogP contribution >= 0.6 is 0 Å². The van der Waals surface area contributed by atoms with Crippen LogP contribution in [0.3, 0.4) is 0 Å². The topological polar surface area (TPSA) is 62.4 Å². The van der Waals surface area contributed by atoms with Crippen molar-refractivity contribution in [1.29, 1.82) is 5.26 Å². The van der Waals surface area contributed by atoms with Crippen LogP contribution in [-0.2, 0) is 10.3 Å². The number of carbonyl (C=O) groups is 1. The first-order valence-electron chi connectivity index (χ1n) is 9.65. The van der Waals surface area contributed by atoms with Crippen LogP contribution in [0.4, 0.5) is 0 Å². The van der Waals surface area contributed by atoms with Crippen LogP contribution < -0.4 is 0 Å². The van der Waals surface area contributed by atoms with Gasteiger partial charge in [-0.05, 0) is 40.8 Å². The number of oxime groups is 1. The molecule has 0 radical (unpaired) electrons. The molecule has 0 aromatic heterocycles. The summed E-state index contributed by atoms with van der Waals surface area (Å²) in [6, 6.07) is 27.7. The number of carbonyl (C=O) groups excluding carboxylic acids is 1. The van der Waals surface area contributed by atoms with Gasteiger partial charge in [-0.15, -0.1) is 0 Å². The Morgan fingerprint density at radius 2 is 1.55 bits per heavy atom. The van der Waals surface area contributed by atoms with E-state index in [1.165, 1.54) is 11.1 Å². The van der Waals surface area contributed by atoms with Gasteiger partial charge in [0.05, 0.1) is 29.2 Å². The van der Waals surface area contributed by atoms with E-state index in [1.807, 2.05) is 30.3 Å². The van der Waals surface area contributed by atoms with E-state index in [2.05, 4.69) is 35.5 Å². The quantitative estimate of drug-likeness (QED) is 0.373. The number of fused-ring (bicyclic) bond motifs is 1. The van der Waals surface area contributed by atoms with Crippen molar-refractivity contribution < 1.29 is 9.63 Å². The molecule has 0 spiro atoms. The van der Waals surface area contributed by atoms with Crippen molar-refractivity contribution in [2.75, 3.05) is 0 Å². The number of hydrogen-bond donors (Lipinski definition) is 0. The summed E-state index contributed by atoms with van der Waals surface area (Å²) >= 11 is 0. The third-order valence-corrected chi connectivity index (χ3v) is 6.14. The summed E-state index contributed by atoms with van der Waals surface area (Å²) in [4.78, 5) is 17.5. The van der Waals surface area contributed by atoms with Crippen molar-refractivity contribution in [3.63, 3.8) is 0 Å². The Hall–Kier alpha value is -3.71. The maximum Gasteiger partial charge on any atom is 0.365 e. The van der Waals surface area contributed by atoms with Crippen LogP contribution in [0.1, 0.15) is 45.0 Å². The molecular formula is C25H18N2O2. The molecule has 1 atom stereocenters. The maximum absolute atomic E-state index is 12.3. The standard InChI is InChI=1S/C25H18N2O2/c26-15-18-14-21-19-10-4-6-12-22(19)25(18,23-13-7-5-11-20(21)23)16-27-29-24(28)17-8-2-1-3-9-17/h1-13,16,18,21H,14H2/b27-16+. The van der Waals surface area contributed by atoms with Gasteiger partial charge in [0.25, 0.3) is 0 Å². The summed E-state index contributed by atoms with van der Waals surface area (Å²) in [7, 11) is 0. The zero-order chi connectivity index (χ0) is 19.8. The first-order chi connectivity index (χ1) is 14.3. The Bertz CT molecular complexity index is 1110. The Morgan fingerprint density at radius 1 is 0.966 bits per heavy atom. The van der Waals surface area contributed by atoms with Crippen molar-refractivity contribution in [3.05, 3.63) is 107 Å². The second-order valence-corrected chi connectivity index (χ2v) is 7.49. The fourth-order valence-electron chi connectivity index (χ4n) is 4.89. The molecule has 0 fully saturated rings. The van der Waals surface area contributed by atoms with Gasteiger partial charge in [-0.3, -0.25) is 0 Å². The van der Waals surface area contributed by atoms with Gasteiger partial charge in [-0.25, -0.2) is 4.79 Å². The first-order valence-corrected chi connectivity index (χ1v) is 9.65. The first kappa shape index (κ1) is 17.4. The molecule has 0 N–H and O–H groups in total. The molecule has 0 heterocycles. The summed E-state index contributed by atoms with van der Waals surface area (Å²) in [6.45, 7) is 0. The molecule has 140 valence electrons. The molecule has 29 heavy (non-hydrogen) atoms. The third kappa shape index (κ3) is 2.51. The molecule has 4 nitrogen and oxygen atoms in total. The number of hydrogen-bond acceptors (Lipinski definition) is 4. The summed E-state index contributed by atoms with van der Waals surface area (Å²) in [6.07, 6.45) is 2.39. The fourth-order valence-corrected chi connectivity index (χ4v) is 4.89. The van der Waals surface area contributed by atoms with Crippen molar-refractivity contribution in [2.45, 2.75) is 17.8 Å². The van der Waals surface area contributed by atoms with Crippen molar-refractivity contribution >= 4 is 12.2 Å². The van der Waals surface area contributed by atoms with E-state index in [0.29, 0.717) is 5.56 Å². The summed E-state index contributed by atoms with van der Waals surface area (Å²) < 4.78 is 0. The Morgan fingerprint density at radius 3 is 2.17 bits per heavy atom. The van der Waals surface area contributed by atoms with E-state index in [0.717, 1.165) is 17.5 Å². The Kier molecular flexibility index (Phi) is 4.03. The van der Waals surface area contributed by atoms with Crippen molar-refractivity contribution in [3.8, 4) is 6.07 Å². The lowest BCUT2D eigenvalue weighted by atomic mass is 9.51. The van der Waals surface area contributed by atoms with Crippen LogP contribution in [0.2, 0.25) is 0 Å². The maximum atomic E-state index is 12.3. The van der Waals surface area contributed by atoms with Crippen LogP contribution in [0, 0.1) is 17.2 Å². The number of rotatable bonds is 3. The molecule has 0 aliphatic heterocycles. The minimum absolute atomic E-state index is 0.203. The lowest BCUT2D eigenvalue weighted by Crippen LogP contribution is -2.48. The summed E-state index contributed by atoms with van der Waals surface area (Å²) in [5, 5.41) is 14.1. The number of benzene rings is 3. The van der Waals surface area contributed by atoms with Crippen LogP contribution in [0.5, 0.6) is 0 Å². The molecule has 3 aliphatic rings. The lowest BCUT2D eigenvalue weighted by Gasteiger charge is -2.49. The molecule has 6 rings (SSSR count). The normalized spacial score (nSPS) is 23.8. The van der Waals surface area contributed by atoms with Gasteiger partial charge in [0.15, 0.2) is 0 Å². The molecule has 3 aliphatic carbocycles. The van der Waals surface area contributed by atoms with Crippen molar-refractivity contribution in [1.82, 2.24) is 0 Å². The Balaban J connectivity index is 1.61. The van der Waals surface area contributed by atoms with Gasteiger partial charge >= 0.3 is 5.97 Å². The molecule has 3 aromatic carbocycles. The van der Waals surface area contributed by atoms with Crippen LogP contribution in [0.15, 0.2) is 84.0 Å². The average Bonchev–Trinajstić information content (AvgIpc) is 2.80. The predicted octanol–water partition coefficient (Wildman–Crippen LogP) is 4.80. The number of nitriles is 1. The van der Waals surface area contributed by atoms with E-state index in [1.54, 1.807) is 30.5 Å². The van der Waals surface area contributed by atoms with E-state index in [4.69, 9.17) is 4.84 Å². The van der Waals surface area contributed by atoms with Gasteiger partial charge < -0.3 is 4.84 Å². The third-order valence-electron chi connectivity index (χ3n) is 6.14. The monoisotopic (exact) mass is 378 g/mol. The molecule has 0 saturated carbocycles. The molecule has 0 amide bonds. The lowest BCUT2D eigenvalue weighted by molar-refractivity contribution is 0.0515. The van der Waals surface area contributed by atoms with Crippen molar-refractivity contribution in [2.24, 2.45) is 11.1 Å². The summed E-state index contributed by atoms with van der Waals surface area (Å²) in [5.41, 5.74) is 4.29. The highest BCUT2D eigenvalue weighted by molar-refractivity contribution is 5.90. The highest BCUT2D eigenvalue weighted by Crippen LogP contribution is 2.58. The molecule has 4 heteroatoms. The highest BCUT2D eigenvalue weighted by Gasteiger charge is 2.54. The SMILES string of the molecule is N#CC1CC2c3ccccc3C1(/C=N/OC(=O)c1ccccc1)c1ccccc12. The molecule has 2 bridgehead atoms. The van der Waals surface area contributed by atoms with Gasteiger partial charge in [-0.1, -0.05) is 71.9 Å². The van der Waals surface area contributed by atoms with E-state index in [-0.39, 0.29) is 11.8 Å². The second-order valence-electron chi connectivity index (χ2n) is 7.49. The zero-order valence-electron chi connectivity index (χ0n) is 15.7. The minimum Gasteiger partial charge on any atom is -0.313 e. The smallest absolute Gasteiger partial charge is 0.313 e. The largest absolute Gasteiger partial charge is 0.365 e. The van der Waals surface area contributed by atoms with Crippen LogP contribution in [0.25, 0.3) is 0 Å². The van der Waals surface area contributed by atoms with E-state index in [9.17, 15) is 10.1 Å². The zero-order valence-corrected chi connectivity index (χ0v) is 15.7. The predicted molar refractivity (Wildman–Crippen MR) is 110 cm³/mol. The van der Waals surface area contributed by atoms with Gasteiger partial charge in [0.1, 0.15) is 0 Å². The average molecular weight is 378 g/mol. The molecule has 0 saturated heterocycles. The molecule has 1 unspecified atom stereocenters. The van der Waals surface area contributed by atoms with E-state index >= 15 is 0 Å². The second kappa shape index (κ2) is 6.72. The number of nitrogens with zero attached hydrogens (tertiary/aromatic N) is 2. The van der Waals surface area contributed by atoms with Crippen LogP contribution in [-0.4, -0.2) is 12.2 Å². The van der Waals surface area contributed by atoms with Gasteiger partial charge in [0.2, 0.25) is 0 Å². The molecular weight excluding hydrogens is 360 g/mol. The molecule has 3 aromatic rings. The van der Waals surface area contributed by atoms with Gasteiger partial charge in [0, 0.05) is 5.92 Å². The highest BCUT2D eigenvalue weighted by atomic mass is 16.7. The minimum atomic E-state index is -0.729. The van der Waals surface area contributed by atoms with Gasteiger partial charge in [-0.2, -0.15) is 5.26 Å².